The van der Waals surface area contributed by atoms with Crippen LogP contribution in [0.1, 0.15) is 226 Å². The van der Waals surface area contributed by atoms with Gasteiger partial charge < -0.3 is 65.1 Å². The summed E-state index contributed by atoms with van der Waals surface area (Å²) in [6.45, 7) is 2.52. The summed E-state index contributed by atoms with van der Waals surface area (Å²) in [5, 5.41) is 86.9. The number of allylic oxidation sites excluding steroid dienone is 15. The zero-order valence-corrected chi connectivity index (χ0v) is 50.2. The van der Waals surface area contributed by atoms with Gasteiger partial charge in [0.05, 0.1) is 32.0 Å². The largest absolute Gasteiger partial charge is 0.394 e. The van der Waals surface area contributed by atoms with Gasteiger partial charge in [0.25, 0.3) is 0 Å². The van der Waals surface area contributed by atoms with Crippen LogP contribution in [0.15, 0.2) is 97.2 Å². The summed E-state index contributed by atoms with van der Waals surface area (Å²) in [6, 6.07) is -0.939. The monoisotopic (exact) mass is 1140 g/mol. The molecule has 0 radical (unpaired) electrons. The minimum Gasteiger partial charge on any atom is -0.394 e. The van der Waals surface area contributed by atoms with Crippen molar-refractivity contribution in [1.29, 1.82) is 0 Å². The first-order valence-electron chi connectivity index (χ1n) is 32.0. The van der Waals surface area contributed by atoms with Crippen molar-refractivity contribution in [2.75, 3.05) is 19.8 Å². The van der Waals surface area contributed by atoms with Crippen molar-refractivity contribution >= 4 is 5.91 Å². The van der Waals surface area contributed by atoms with E-state index in [0.29, 0.717) is 12.8 Å². The van der Waals surface area contributed by atoms with E-state index in [1.807, 2.05) is 6.08 Å². The van der Waals surface area contributed by atoms with Crippen LogP contribution in [-0.4, -0.2) is 140 Å². The van der Waals surface area contributed by atoms with Gasteiger partial charge in [-0.05, 0) is 83.5 Å². The molecule has 2 saturated heterocycles. The van der Waals surface area contributed by atoms with Crippen LogP contribution < -0.4 is 5.32 Å². The van der Waals surface area contributed by atoms with Crippen LogP contribution in [0.4, 0.5) is 0 Å². The average molecular weight is 1140 g/mol. The van der Waals surface area contributed by atoms with E-state index >= 15 is 0 Å². The van der Waals surface area contributed by atoms with Gasteiger partial charge in [0.1, 0.15) is 48.8 Å². The Morgan fingerprint density at radius 3 is 1.31 bits per heavy atom. The molecule has 2 fully saturated rings. The smallest absolute Gasteiger partial charge is 0.220 e. The van der Waals surface area contributed by atoms with Gasteiger partial charge in [-0.3, -0.25) is 4.79 Å². The normalized spacial score (nSPS) is 24.8. The number of hydrogen-bond acceptors (Lipinski definition) is 13. The van der Waals surface area contributed by atoms with Crippen LogP contribution >= 0.6 is 0 Å². The van der Waals surface area contributed by atoms with Gasteiger partial charge in [0.15, 0.2) is 12.6 Å². The van der Waals surface area contributed by atoms with E-state index in [9.17, 15) is 45.6 Å². The van der Waals surface area contributed by atoms with E-state index in [1.165, 1.54) is 116 Å². The topological polar surface area (TPSA) is 228 Å². The second kappa shape index (κ2) is 51.3. The molecule has 2 rings (SSSR count). The first-order chi connectivity index (χ1) is 39.6. The summed E-state index contributed by atoms with van der Waals surface area (Å²) in [5.41, 5.74) is 0. The van der Waals surface area contributed by atoms with Crippen molar-refractivity contribution in [1.82, 2.24) is 5.32 Å². The number of carbonyl (C=O) groups is 1. The standard InChI is InChI=1S/C67H115NO13/c1-3-5-7-9-11-13-15-16-17-18-19-20-21-22-23-24-25-26-27-28-29-30-31-32-33-34-35-36-37-38-39-40-41-43-45-47-49-51-59(72)68-55(56(71)50-48-46-44-42-14-12-10-8-6-4-2)54-78-66-64(77)62(75)65(58(53-70)80-66)81-67-63(76)61(74)60(73)57(52-69)79-67/h5-8,11,13-14,16-17,19-20,22-23,42,48,50,55-58,60-67,69-71,73-77H,3-4,9-10,12,15,18,21,24-41,43-47,49,51-54H2,1-2H3,(H,68,72)/b7-5-,8-6+,13-11-,17-16-,20-19-,23-22-,42-14+,50-48+. The molecule has 0 aromatic heterocycles. The minimum absolute atomic E-state index is 0.256. The maximum atomic E-state index is 13.2. The molecule has 0 bridgehead atoms. The second-order valence-electron chi connectivity index (χ2n) is 22.1. The molecule has 2 aliphatic rings. The number of hydrogen-bond donors (Lipinski definition) is 9. The van der Waals surface area contributed by atoms with Crippen molar-refractivity contribution in [3.8, 4) is 0 Å². The zero-order valence-electron chi connectivity index (χ0n) is 50.2. The fourth-order valence-corrected chi connectivity index (χ4v) is 9.95. The molecule has 0 aliphatic carbocycles. The van der Waals surface area contributed by atoms with Crippen molar-refractivity contribution in [3.63, 3.8) is 0 Å². The van der Waals surface area contributed by atoms with Crippen LogP contribution in [0.3, 0.4) is 0 Å². The maximum Gasteiger partial charge on any atom is 0.220 e. The lowest BCUT2D eigenvalue weighted by Gasteiger charge is -2.46. The lowest BCUT2D eigenvalue weighted by atomic mass is 9.97. The molecule has 2 heterocycles. The molecule has 9 N–H and O–H groups in total. The third-order valence-corrected chi connectivity index (χ3v) is 15.0. The summed E-state index contributed by atoms with van der Waals surface area (Å²) in [7, 11) is 0. The first kappa shape index (κ1) is 74.0. The van der Waals surface area contributed by atoms with E-state index in [2.05, 4.69) is 104 Å². The molecule has 0 aromatic carbocycles. The molecule has 12 atom stereocenters. The number of rotatable bonds is 50. The number of amides is 1. The summed E-state index contributed by atoms with van der Waals surface area (Å²) in [5.74, 6) is -0.256. The third kappa shape index (κ3) is 36.4. The highest BCUT2D eigenvalue weighted by Crippen LogP contribution is 2.30. The van der Waals surface area contributed by atoms with Gasteiger partial charge in [-0.2, -0.15) is 0 Å². The summed E-state index contributed by atoms with van der Waals surface area (Å²) >= 11 is 0. The Balaban J connectivity index is 1.57. The summed E-state index contributed by atoms with van der Waals surface area (Å²) < 4.78 is 22.7. The zero-order chi connectivity index (χ0) is 58.8. The van der Waals surface area contributed by atoms with E-state index in [4.69, 9.17) is 18.9 Å². The van der Waals surface area contributed by atoms with Crippen LogP contribution in [0.25, 0.3) is 0 Å². The van der Waals surface area contributed by atoms with Gasteiger partial charge in [0, 0.05) is 6.42 Å². The molecule has 0 saturated carbocycles. The number of carbonyl (C=O) groups excluding carboxylic acids is 1. The Hall–Kier alpha value is -3.09. The second-order valence-corrected chi connectivity index (χ2v) is 22.1. The fraction of sp³-hybridized carbons (Fsp3) is 0.746. The quantitative estimate of drug-likeness (QED) is 0.0204. The van der Waals surface area contributed by atoms with E-state index in [-0.39, 0.29) is 18.9 Å². The number of ether oxygens (including phenoxy) is 4. The molecule has 2 aliphatic heterocycles. The fourth-order valence-electron chi connectivity index (χ4n) is 9.95. The van der Waals surface area contributed by atoms with Crippen LogP contribution in [-0.2, 0) is 23.7 Å². The molecule has 14 nitrogen and oxygen atoms in total. The molecule has 1 amide bonds. The minimum atomic E-state index is -1.79. The van der Waals surface area contributed by atoms with Gasteiger partial charge in [0.2, 0.25) is 5.91 Å². The van der Waals surface area contributed by atoms with Gasteiger partial charge in [-0.15, -0.1) is 0 Å². The Bertz CT molecular complexity index is 1730. The van der Waals surface area contributed by atoms with Crippen LogP contribution in [0.2, 0.25) is 0 Å². The van der Waals surface area contributed by atoms with Crippen LogP contribution in [0, 0.1) is 0 Å². The van der Waals surface area contributed by atoms with Crippen molar-refractivity contribution in [2.45, 2.75) is 299 Å². The summed E-state index contributed by atoms with van der Waals surface area (Å²) in [6.07, 6.45) is 55.1. The van der Waals surface area contributed by atoms with Gasteiger partial charge in [-0.25, -0.2) is 0 Å². The Labute approximate surface area is 490 Å². The van der Waals surface area contributed by atoms with Gasteiger partial charge >= 0.3 is 0 Å². The van der Waals surface area contributed by atoms with Crippen molar-refractivity contribution in [3.05, 3.63) is 97.2 Å². The Morgan fingerprint density at radius 1 is 0.444 bits per heavy atom. The molecular weight excluding hydrogens is 1030 g/mol. The SMILES string of the molecule is CC/C=C\C/C=C\C/C=C\C/C=C\C/C=C\CCCCCCCCCCCCCCCCCCCCCCCC(=O)NC(COC1OC(CO)C(OC2OC(CO)C(O)C(O)C2O)C(O)C1O)C(O)/C=C/CC/C=C/CC/C=C/CC. The van der Waals surface area contributed by atoms with Gasteiger partial charge in [-0.1, -0.05) is 233 Å². The molecular formula is C67H115NO13. The maximum absolute atomic E-state index is 13.2. The molecule has 81 heavy (non-hydrogen) atoms. The molecule has 0 spiro atoms. The third-order valence-electron chi connectivity index (χ3n) is 15.0. The lowest BCUT2D eigenvalue weighted by molar-refractivity contribution is -0.359. The predicted octanol–water partition coefficient (Wildman–Crippen LogP) is 11.8. The van der Waals surface area contributed by atoms with E-state index in [1.54, 1.807) is 6.08 Å². The Morgan fingerprint density at radius 2 is 0.827 bits per heavy atom. The van der Waals surface area contributed by atoms with E-state index in [0.717, 1.165) is 77.0 Å². The highest BCUT2D eigenvalue weighted by atomic mass is 16.7. The number of unbranched alkanes of at least 4 members (excludes halogenated alkanes) is 23. The average Bonchev–Trinajstić information content (AvgIpc) is 3.51. The molecule has 14 heteroatoms. The van der Waals surface area contributed by atoms with E-state index < -0.39 is 86.8 Å². The molecule has 0 aromatic rings. The van der Waals surface area contributed by atoms with Crippen molar-refractivity contribution < 1.29 is 64.6 Å². The summed E-state index contributed by atoms with van der Waals surface area (Å²) in [4.78, 5) is 13.2. The molecule has 466 valence electrons. The highest BCUT2D eigenvalue weighted by molar-refractivity contribution is 5.76. The number of aliphatic hydroxyl groups excluding tert-OH is 8. The lowest BCUT2D eigenvalue weighted by Crippen LogP contribution is -2.65. The number of aliphatic hydroxyl groups is 8. The highest BCUT2D eigenvalue weighted by Gasteiger charge is 2.51. The van der Waals surface area contributed by atoms with Crippen LogP contribution in [0.5, 0.6) is 0 Å². The van der Waals surface area contributed by atoms with Crippen molar-refractivity contribution in [2.24, 2.45) is 0 Å². The Kier molecular flexibility index (Phi) is 46.9. The first-order valence-corrected chi connectivity index (χ1v) is 32.0. The number of nitrogens with one attached hydrogen (secondary N) is 1. The predicted molar refractivity (Wildman–Crippen MR) is 327 cm³/mol. The molecule has 12 unspecified atom stereocenters.